The molecule has 24 heavy (non-hydrogen) atoms. The van der Waals surface area contributed by atoms with Crippen molar-refractivity contribution in [3.05, 3.63) is 47.2 Å². The van der Waals surface area contributed by atoms with Gasteiger partial charge < -0.3 is 15.1 Å². The first kappa shape index (κ1) is 16.2. The van der Waals surface area contributed by atoms with E-state index in [0.717, 1.165) is 11.1 Å². The Labute approximate surface area is 142 Å². The van der Waals surface area contributed by atoms with Crippen LogP contribution in [0.25, 0.3) is 11.0 Å². The molecule has 0 aliphatic rings. The average Bonchev–Trinajstić information content (AvgIpc) is 3.17. The smallest absolute Gasteiger partial charge is 0.287 e. The van der Waals surface area contributed by atoms with Crippen LogP contribution >= 0.6 is 11.3 Å². The van der Waals surface area contributed by atoms with Crippen molar-refractivity contribution in [1.29, 1.82) is 0 Å². The number of rotatable bonds is 6. The lowest BCUT2D eigenvalue weighted by atomic mass is 10.2. The van der Waals surface area contributed by atoms with Gasteiger partial charge in [0.15, 0.2) is 10.9 Å². The number of thiazole rings is 1. The van der Waals surface area contributed by atoms with Crippen LogP contribution in [0.1, 0.15) is 29.1 Å². The van der Waals surface area contributed by atoms with Crippen molar-refractivity contribution < 1.29 is 14.0 Å². The van der Waals surface area contributed by atoms with Gasteiger partial charge in [-0.15, -0.1) is 11.3 Å². The zero-order valence-corrected chi connectivity index (χ0v) is 14.0. The van der Waals surface area contributed by atoms with E-state index < -0.39 is 0 Å². The molecule has 0 saturated heterocycles. The monoisotopic (exact) mass is 343 g/mol. The number of nitrogens with zero attached hydrogens (tertiary/aromatic N) is 1. The van der Waals surface area contributed by atoms with Gasteiger partial charge in [-0.2, -0.15) is 0 Å². The van der Waals surface area contributed by atoms with Crippen LogP contribution in [-0.4, -0.2) is 23.3 Å². The van der Waals surface area contributed by atoms with Crippen molar-refractivity contribution in [2.45, 2.75) is 19.8 Å². The maximum Gasteiger partial charge on any atom is 0.287 e. The van der Waals surface area contributed by atoms with Crippen molar-refractivity contribution in [2.24, 2.45) is 0 Å². The normalized spacial score (nSPS) is 10.7. The van der Waals surface area contributed by atoms with Gasteiger partial charge in [0.05, 0.1) is 5.69 Å². The van der Waals surface area contributed by atoms with E-state index in [-0.39, 0.29) is 17.6 Å². The van der Waals surface area contributed by atoms with Crippen LogP contribution in [0.2, 0.25) is 0 Å². The van der Waals surface area contributed by atoms with Crippen molar-refractivity contribution in [1.82, 2.24) is 10.3 Å². The largest absolute Gasteiger partial charge is 0.451 e. The molecule has 2 N–H and O–H groups in total. The Morgan fingerprint density at radius 1 is 1.29 bits per heavy atom. The van der Waals surface area contributed by atoms with Gasteiger partial charge in [0.2, 0.25) is 5.91 Å². The van der Waals surface area contributed by atoms with Crippen LogP contribution in [0.5, 0.6) is 0 Å². The number of aromatic nitrogens is 1. The Balaban J connectivity index is 1.42. The quantitative estimate of drug-likeness (QED) is 0.672. The molecule has 0 fully saturated rings. The van der Waals surface area contributed by atoms with Crippen LogP contribution in [0.3, 0.4) is 0 Å². The number of furan rings is 1. The summed E-state index contributed by atoms with van der Waals surface area (Å²) < 4.78 is 5.49. The average molecular weight is 343 g/mol. The second kappa shape index (κ2) is 7.27. The molecule has 3 rings (SSSR count). The first-order valence-electron chi connectivity index (χ1n) is 7.60. The number of para-hydroxylation sites is 1. The molecule has 2 heterocycles. The van der Waals surface area contributed by atoms with Crippen LogP contribution < -0.4 is 10.6 Å². The van der Waals surface area contributed by atoms with Crippen molar-refractivity contribution in [3.8, 4) is 0 Å². The minimum atomic E-state index is -0.276. The molecule has 0 radical (unpaired) electrons. The third-order valence-electron chi connectivity index (χ3n) is 3.38. The predicted molar refractivity (Wildman–Crippen MR) is 93.3 cm³/mol. The minimum Gasteiger partial charge on any atom is -0.451 e. The Morgan fingerprint density at radius 2 is 2.12 bits per heavy atom. The fourth-order valence-electron chi connectivity index (χ4n) is 2.22. The summed E-state index contributed by atoms with van der Waals surface area (Å²) in [5.41, 5.74) is 1.56. The molecular weight excluding hydrogens is 326 g/mol. The summed E-state index contributed by atoms with van der Waals surface area (Å²) in [6.45, 7) is 2.28. The molecule has 0 spiro atoms. The van der Waals surface area contributed by atoms with Crippen LogP contribution in [0.15, 0.2) is 40.1 Å². The summed E-state index contributed by atoms with van der Waals surface area (Å²) in [5, 5.41) is 8.86. The summed E-state index contributed by atoms with van der Waals surface area (Å²) in [4.78, 5) is 28.0. The molecule has 6 nitrogen and oxygen atoms in total. The highest BCUT2D eigenvalue weighted by Crippen LogP contribution is 2.18. The molecule has 0 aliphatic heterocycles. The Morgan fingerprint density at radius 3 is 2.88 bits per heavy atom. The molecule has 0 atom stereocenters. The highest BCUT2D eigenvalue weighted by Gasteiger charge is 2.12. The second-order valence-electron chi connectivity index (χ2n) is 5.35. The van der Waals surface area contributed by atoms with E-state index in [4.69, 9.17) is 4.42 Å². The topological polar surface area (TPSA) is 84.2 Å². The number of fused-ring (bicyclic) bond motifs is 1. The maximum atomic E-state index is 12.0. The van der Waals surface area contributed by atoms with Gasteiger partial charge in [-0.05, 0) is 25.5 Å². The maximum absolute atomic E-state index is 12.0. The van der Waals surface area contributed by atoms with E-state index in [9.17, 15) is 9.59 Å². The fourth-order valence-corrected chi connectivity index (χ4v) is 2.93. The number of hydrogen-bond acceptors (Lipinski definition) is 5. The van der Waals surface area contributed by atoms with Gasteiger partial charge in [-0.25, -0.2) is 4.98 Å². The Hall–Kier alpha value is -2.67. The molecular formula is C17H17N3O3S. The van der Waals surface area contributed by atoms with Gasteiger partial charge in [0.25, 0.3) is 5.91 Å². The minimum absolute atomic E-state index is 0.109. The molecule has 3 aromatic rings. The standard InChI is InChI=1S/C17H17N3O3S/c1-11-10-24-17(19-11)20-15(21)7-4-8-18-16(22)14-9-12-5-2-3-6-13(12)23-14/h2-3,5-6,9-10H,4,7-8H2,1H3,(H,18,22)(H,19,20,21). The SMILES string of the molecule is Cc1csc(NC(=O)CCCNC(=O)c2cc3ccccc3o2)n1. The summed E-state index contributed by atoms with van der Waals surface area (Å²) in [7, 11) is 0. The van der Waals surface area contributed by atoms with Crippen LogP contribution in [0, 0.1) is 6.92 Å². The third kappa shape index (κ3) is 3.99. The highest BCUT2D eigenvalue weighted by molar-refractivity contribution is 7.13. The van der Waals surface area contributed by atoms with Crippen molar-refractivity contribution in [3.63, 3.8) is 0 Å². The first-order valence-corrected chi connectivity index (χ1v) is 8.48. The summed E-state index contributed by atoms with van der Waals surface area (Å²) in [6, 6.07) is 9.16. The van der Waals surface area contributed by atoms with Gasteiger partial charge in [0.1, 0.15) is 5.58 Å². The zero-order chi connectivity index (χ0) is 16.9. The lowest BCUT2D eigenvalue weighted by Crippen LogP contribution is -2.25. The first-order chi connectivity index (χ1) is 11.6. The number of benzene rings is 1. The van der Waals surface area contributed by atoms with Crippen molar-refractivity contribution >= 4 is 39.3 Å². The summed E-state index contributed by atoms with van der Waals surface area (Å²) >= 11 is 1.40. The number of amides is 2. The Kier molecular flexibility index (Phi) is 4.90. The molecule has 0 bridgehead atoms. The number of carbonyl (C=O) groups is 2. The van der Waals surface area contributed by atoms with E-state index >= 15 is 0 Å². The van der Waals surface area contributed by atoms with E-state index in [1.54, 1.807) is 6.07 Å². The van der Waals surface area contributed by atoms with Crippen LogP contribution in [-0.2, 0) is 4.79 Å². The molecule has 0 unspecified atom stereocenters. The van der Waals surface area contributed by atoms with Gasteiger partial charge in [0, 0.05) is 23.7 Å². The number of aryl methyl sites for hydroxylation is 1. The third-order valence-corrected chi connectivity index (χ3v) is 4.26. The molecule has 2 amide bonds. The summed E-state index contributed by atoms with van der Waals surface area (Å²) in [5.74, 6) is -0.108. The van der Waals surface area contributed by atoms with Gasteiger partial charge >= 0.3 is 0 Å². The fraction of sp³-hybridized carbons (Fsp3) is 0.235. The van der Waals surface area contributed by atoms with Gasteiger partial charge in [-0.3, -0.25) is 9.59 Å². The number of hydrogen-bond donors (Lipinski definition) is 2. The number of anilines is 1. The molecule has 7 heteroatoms. The lowest BCUT2D eigenvalue weighted by Gasteiger charge is -2.03. The molecule has 2 aromatic heterocycles. The summed E-state index contributed by atoms with van der Waals surface area (Å²) in [6.07, 6.45) is 0.862. The van der Waals surface area contributed by atoms with Crippen LogP contribution in [0.4, 0.5) is 5.13 Å². The zero-order valence-electron chi connectivity index (χ0n) is 13.2. The predicted octanol–water partition coefficient (Wildman–Crippen LogP) is 3.35. The molecule has 124 valence electrons. The van der Waals surface area contributed by atoms with Gasteiger partial charge in [-0.1, -0.05) is 18.2 Å². The number of carbonyl (C=O) groups excluding carboxylic acids is 2. The second-order valence-corrected chi connectivity index (χ2v) is 6.21. The van der Waals surface area contributed by atoms with E-state index in [1.165, 1.54) is 11.3 Å². The Bertz CT molecular complexity index is 836. The number of nitrogens with one attached hydrogen (secondary N) is 2. The van der Waals surface area contributed by atoms with Crippen molar-refractivity contribution in [2.75, 3.05) is 11.9 Å². The lowest BCUT2D eigenvalue weighted by molar-refractivity contribution is -0.116. The van der Waals surface area contributed by atoms with E-state index in [0.29, 0.717) is 30.1 Å². The highest BCUT2D eigenvalue weighted by atomic mass is 32.1. The molecule has 0 saturated carbocycles. The molecule has 0 aliphatic carbocycles. The van der Waals surface area contributed by atoms with E-state index in [2.05, 4.69) is 15.6 Å². The molecule has 1 aromatic carbocycles. The van der Waals surface area contributed by atoms with E-state index in [1.807, 2.05) is 36.6 Å².